The van der Waals surface area contributed by atoms with E-state index in [1.54, 1.807) is 0 Å². The standard InChI is InChI=1S/C14H19BrF2N2/c15-12-4-5-13(16)11(14(12)17)10-18-6-9-19-7-2-1-3-8-19/h4-5,18H,1-3,6-10H2. The molecule has 1 aromatic carbocycles. The van der Waals surface area contributed by atoms with E-state index in [-0.39, 0.29) is 12.1 Å². The molecule has 0 aromatic heterocycles. The Hall–Kier alpha value is -0.520. The third-order valence-corrected chi connectivity index (χ3v) is 4.11. The van der Waals surface area contributed by atoms with Crippen LogP contribution in [0.4, 0.5) is 8.78 Å². The van der Waals surface area contributed by atoms with Crippen LogP contribution in [-0.2, 0) is 6.54 Å². The lowest BCUT2D eigenvalue weighted by Crippen LogP contribution is -2.35. The molecule has 0 amide bonds. The van der Waals surface area contributed by atoms with Crippen molar-refractivity contribution in [1.82, 2.24) is 10.2 Å². The fourth-order valence-corrected chi connectivity index (χ4v) is 2.74. The molecule has 0 saturated carbocycles. The first kappa shape index (κ1) is 14.9. The maximum Gasteiger partial charge on any atom is 0.144 e. The minimum Gasteiger partial charge on any atom is -0.311 e. The number of benzene rings is 1. The van der Waals surface area contributed by atoms with E-state index < -0.39 is 11.6 Å². The molecule has 2 nitrogen and oxygen atoms in total. The van der Waals surface area contributed by atoms with Crippen molar-refractivity contribution in [1.29, 1.82) is 0 Å². The van der Waals surface area contributed by atoms with E-state index in [0.717, 1.165) is 26.2 Å². The average molecular weight is 333 g/mol. The largest absolute Gasteiger partial charge is 0.311 e. The summed E-state index contributed by atoms with van der Waals surface area (Å²) in [5.41, 5.74) is 0.105. The molecule has 0 radical (unpaired) electrons. The number of piperidine rings is 1. The van der Waals surface area contributed by atoms with Gasteiger partial charge in [0.2, 0.25) is 0 Å². The number of likely N-dealkylation sites (tertiary alicyclic amines) is 1. The van der Waals surface area contributed by atoms with Crippen LogP contribution in [0.3, 0.4) is 0 Å². The Bertz CT molecular complexity index is 420. The van der Waals surface area contributed by atoms with Gasteiger partial charge in [-0.3, -0.25) is 0 Å². The molecule has 0 aliphatic carbocycles. The fraction of sp³-hybridized carbons (Fsp3) is 0.571. The molecule has 0 unspecified atom stereocenters. The topological polar surface area (TPSA) is 15.3 Å². The van der Waals surface area contributed by atoms with Crippen molar-refractivity contribution >= 4 is 15.9 Å². The molecule has 0 spiro atoms. The Balaban J connectivity index is 1.77. The summed E-state index contributed by atoms with van der Waals surface area (Å²) in [4.78, 5) is 2.39. The third-order valence-electron chi connectivity index (χ3n) is 3.49. The van der Waals surface area contributed by atoms with Gasteiger partial charge in [-0.05, 0) is 54.0 Å². The molecule has 1 aromatic rings. The average Bonchev–Trinajstić information content (AvgIpc) is 2.43. The minimum atomic E-state index is -0.509. The maximum atomic E-state index is 13.7. The Morgan fingerprint density at radius 1 is 1.16 bits per heavy atom. The van der Waals surface area contributed by atoms with Gasteiger partial charge in [-0.1, -0.05) is 6.42 Å². The van der Waals surface area contributed by atoms with Crippen molar-refractivity contribution in [3.05, 3.63) is 33.8 Å². The highest BCUT2D eigenvalue weighted by molar-refractivity contribution is 9.10. The predicted octanol–water partition coefficient (Wildman–Crippen LogP) is 3.30. The zero-order valence-electron chi connectivity index (χ0n) is 10.9. The van der Waals surface area contributed by atoms with Gasteiger partial charge in [0, 0.05) is 25.2 Å². The molecular weight excluding hydrogens is 314 g/mol. The van der Waals surface area contributed by atoms with E-state index in [9.17, 15) is 8.78 Å². The minimum absolute atomic E-state index is 0.105. The Morgan fingerprint density at radius 3 is 2.63 bits per heavy atom. The lowest BCUT2D eigenvalue weighted by molar-refractivity contribution is 0.228. The first-order valence-electron chi connectivity index (χ1n) is 6.74. The number of halogens is 3. The van der Waals surface area contributed by atoms with Crippen molar-refractivity contribution in [2.45, 2.75) is 25.8 Å². The van der Waals surface area contributed by atoms with Crippen LogP contribution in [0.5, 0.6) is 0 Å². The Kier molecular flexibility index (Phi) is 5.73. The van der Waals surface area contributed by atoms with Gasteiger partial charge in [-0.25, -0.2) is 8.78 Å². The fourth-order valence-electron chi connectivity index (χ4n) is 2.36. The summed E-state index contributed by atoms with van der Waals surface area (Å²) < 4.78 is 27.5. The quantitative estimate of drug-likeness (QED) is 0.657. The molecule has 2 rings (SSSR count). The zero-order chi connectivity index (χ0) is 13.7. The van der Waals surface area contributed by atoms with E-state index in [0.29, 0.717) is 4.47 Å². The summed E-state index contributed by atoms with van der Waals surface area (Å²) in [6.07, 6.45) is 3.84. The van der Waals surface area contributed by atoms with E-state index in [4.69, 9.17) is 0 Å². The van der Waals surface area contributed by atoms with Crippen LogP contribution in [0.2, 0.25) is 0 Å². The summed E-state index contributed by atoms with van der Waals surface area (Å²) in [7, 11) is 0. The number of hydrogen-bond donors (Lipinski definition) is 1. The highest BCUT2D eigenvalue weighted by Crippen LogP contribution is 2.21. The van der Waals surface area contributed by atoms with Crippen molar-refractivity contribution in [3.63, 3.8) is 0 Å². The highest BCUT2D eigenvalue weighted by Gasteiger charge is 2.12. The molecule has 1 fully saturated rings. The first-order chi connectivity index (χ1) is 9.18. The van der Waals surface area contributed by atoms with Gasteiger partial charge in [0.25, 0.3) is 0 Å². The highest BCUT2D eigenvalue weighted by atomic mass is 79.9. The summed E-state index contributed by atoms with van der Waals surface area (Å²) in [5.74, 6) is -1.00. The summed E-state index contributed by atoms with van der Waals surface area (Å²) >= 11 is 3.07. The number of nitrogens with zero attached hydrogens (tertiary/aromatic N) is 1. The van der Waals surface area contributed by atoms with Crippen LogP contribution in [-0.4, -0.2) is 31.1 Å². The number of rotatable bonds is 5. The van der Waals surface area contributed by atoms with Crippen molar-refractivity contribution in [3.8, 4) is 0 Å². The molecule has 5 heteroatoms. The van der Waals surface area contributed by atoms with Crippen molar-refractivity contribution < 1.29 is 8.78 Å². The lowest BCUT2D eigenvalue weighted by atomic mass is 10.1. The van der Waals surface area contributed by atoms with Crippen LogP contribution < -0.4 is 5.32 Å². The second kappa shape index (κ2) is 7.31. The van der Waals surface area contributed by atoms with Gasteiger partial charge in [0.05, 0.1) is 4.47 Å². The molecular formula is C14H19BrF2N2. The first-order valence-corrected chi connectivity index (χ1v) is 7.53. The molecule has 0 atom stereocenters. The van der Waals surface area contributed by atoms with Crippen LogP contribution in [0.25, 0.3) is 0 Å². The van der Waals surface area contributed by atoms with E-state index in [2.05, 4.69) is 26.1 Å². The van der Waals surface area contributed by atoms with Gasteiger partial charge in [-0.15, -0.1) is 0 Å². The molecule has 1 aliphatic heterocycles. The molecule has 1 aliphatic rings. The number of hydrogen-bond acceptors (Lipinski definition) is 2. The van der Waals surface area contributed by atoms with Crippen LogP contribution in [0, 0.1) is 11.6 Å². The number of nitrogens with one attached hydrogen (secondary N) is 1. The lowest BCUT2D eigenvalue weighted by Gasteiger charge is -2.26. The molecule has 19 heavy (non-hydrogen) atoms. The smallest absolute Gasteiger partial charge is 0.144 e. The maximum absolute atomic E-state index is 13.7. The van der Waals surface area contributed by atoms with E-state index in [1.165, 1.54) is 31.4 Å². The summed E-state index contributed by atoms with van der Waals surface area (Å²) in [6.45, 7) is 4.20. The molecule has 1 N–H and O–H groups in total. The van der Waals surface area contributed by atoms with Gasteiger partial charge in [0.15, 0.2) is 0 Å². The summed E-state index contributed by atoms with van der Waals surface area (Å²) in [5, 5.41) is 3.12. The van der Waals surface area contributed by atoms with Gasteiger partial charge in [0.1, 0.15) is 11.6 Å². The molecule has 0 bridgehead atoms. The van der Waals surface area contributed by atoms with E-state index >= 15 is 0 Å². The van der Waals surface area contributed by atoms with Crippen LogP contribution in [0.15, 0.2) is 16.6 Å². The monoisotopic (exact) mass is 332 g/mol. The van der Waals surface area contributed by atoms with Crippen LogP contribution in [0.1, 0.15) is 24.8 Å². The summed E-state index contributed by atoms with van der Waals surface area (Å²) in [6, 6.07) is 2.68. The zero-order valence-corrected chi connectivity index (χ0v) is 12.5. The Labute approximate surface area is 121 Å². The molecule has 1 saturated heterocycles. The third kappa shape index (κ3) is 4.23. The van der Waals surface area contributed by atoms with Gasteiger partial charge >= 0.3 is 0 Å². The second-order valence-electron chi connectivity index (χ2n) is 4.90. The second-order valence-corrected chi connectivity index (χ2v) is 5.76. The predicted molar refractivity (Wildman–Crippen MR) is 76.1 cm³/mol. The van der Waals surface area contributed by atoms with Gasteiger partial charge < -0.3 is 10.2 Å². The van der Waals surface area contributed by atoms with Crippen LogP contribution >= 0.6 is 15.9 Å². The Morgan fingerprint density at radius 2 is 1.89 bits per heavy atom. The van der Waals surface area contributed by atoms with Crippen molar-refractivity contribution in [2.24, 2.45) is 0 Å². The molecule has 1 heterocycles. The normalized spacial score (nSPS) is 16.8. The van der Waals surface area contributed by atoms with Gasteiger partial charge in [-0.2, -0.15) is 0 Å². The van der Waals surface area contributed by atoms with E-state index in [1.807, 2.05) is 0 Å². The van der Waals surface area contributed by atoms with Crippen molar-refractivity contribution in [2.75, 3.05) is 26.2 Å². The molecule has 106 valence electrons. The SMILES string of the molecule is Fc1ccc(Br)c(F)c1CNCCN1CCCCC1.